The third-order valence-electron chi connectivity index (χ3n) is 4.13. The van der Waals surface area contributed by atoms with Crippen molar-refractivity contribution in [2.24, 2.45) is 0 Å². The molecule has 0 bridgehead atoms. The minimum atomic E-state index is -0.134. The molecule has 1 N–H and O–H groups in total. The van der Waals surface area contributed by atoms with E-state index in [2.05, 4.69) is 12.2 Å². The zero-order valence-corrected chi connectivity index (χ0v) is 15.3. The molecule has 1 atom stereocenters. The normalized spacial score (nSPS) is 16.2. The van der Waals surface area contributed by atoms with E-state index in [0.717, 1.165) is 21.8 Å². The Balaban J connectivity index is 1.59. The lowest BCUT2D eigenvalue weighted by molar-refractivity contribution is -0.122. The number of carbonyl (C=O) groups excluding carboxylic acids is 2. The maximum absolute atomic E-state index is 12.6. The van der Waals surface area contributed by atoms with Crippen molar-refractivity contribution in [3.63, 3.8) is 0 Å². The highest BCUT2D eigenvalue weighted by Crippen LogP contribution is 2.38. The number of rotatable bonds is 4. The van der Waals surface area contributed by atoms with Crippen molar-refractivity contribution >= 4 is 35.0 Å². The van der Waals surface area contributed by atoms with Crippen LogP contribution in [0.2, 0.25) is 0 Å². The Hall–Kier alpha value is -2.27. The monoisotopic (exact) mass is 354 g/mol. The molecule has 0 saturated carbocycles. The van der Waals surface area contributed by atoms with Gasteiger partial charge in [-0.1, -0.05) is 36.8 Å². The number of para-hydroxylation sites is 1. The summed E-state index contributed by atoms with van der Waals surface area (Å²) in [6.07, 6.45) is 0.399. The van der Waals surface area contributed by atoms with Crippen LogP contribution in [0.25, 0.3) is 0 Å². The van der Waals surface area contributed by atoms with E-state index in [1.165, 1.54) is 0 Å². The van der Waals surface area contributed by atoms with Crippen LogP contribution in [0.1, 0.15) is 25.3 Å². The smallest absolute Gasteiger partial charge is 0.227 e. The van der Waals surface area contributed by atoms with Crippen molar-refractivity contribution in [2.45, 2.75) is 36.8 Å². The second-order valence-electron chi connectivity index (χ2n) is 6.31. The summed E-state index contributed by atoms with van der Waals surface area (Å²) in [5.74, 6) is -0.136. The van der Waals surface area contributed by atoms with Crippen molar-refractivity contribution in [1.29, 1.82) is 0 Å². The third-order valence-corrected chi connectivity index (χ3v) is 5.28. The molecule has 0 radical (unpaired) electrons. The molecule has 4 nitrogen and oxygen atoms in total. The molecule has 0 saturated heterocycles. The Morgan fingerprint density at radius 3 is 2.60 bits per heavy atom. The molecule has 1 aliphatic rings. The molecule has 0 aliphatic carbocycles. The number of amides is 2. The molecular weight excluding hydrogens is 332 g/mol. The van der Waals surface area contributed by atoms with Crippen LogP contribution in [0.15, 0.2) is 53.4 Å². The Bertz CT molecular complexity index is 774. The van der Waals surface area contributed by atoms with Gasteiger partial charge < -0.3 is 10.2 Å². The predicted octanol–water partition coefficient (Wildman–Crippen LogP) is 4.24. The molecular formula is C20H22N2O2S. The molecule has 1 aliphatic heterocycles. The standard InChI is InChI=1S/C20H22N2O2S/c1-14-7-9-16(10-8-14)21-19(23)11-12-20(24)22-13-15(2)25-18-6-4-3-5-17(18)22/h3-10,15H,11-13H2,1-2H3,(H,21,23)/t15-/m1/s1. The van der Waals surface area contributed by atoms with Gasteiger partial charge in [0.15, 0.2) is 0 Å². The second-order valence-corrected chi connectivity index (χ2v) is 7.80. The van der Waals surface area contributed by atoms with E-state index in [4.69, 9.17) is 0 Å². The molecule has 1 heterocycles. The lowest BCUT2D eigenvalue weighted by Gasteiger charge is -2.32. The lowest BCUT2D eigenvalue weighted by atomic mass is 10.2. The Kier molecular flexibility index (Phi) is 5.43. The fraction of sp³-hybridized carbons (Fsp3) is 0.300. The highest BCUT2D eigenvalue weighted by Gasteiger charge is 2.26. The number of aryl methyl sites for hydroxylation is 1. The summed E-state index contributed by atoms with van der Waals surface area (Å²) in [6, 6.07) is 15.6. The zero-order chi connectivity index (χ0) is 17.8. The number of fused-ring (bicyclic) bond motifs is 1. The Morgan fingerprint density at radius 2 is 1.84 bits per heavy atom. The fourth-order valence-corrected chi connectivity index (χ4v) is 3.95. The number of thioether (sulfide) groups is 1. The summed E-state index contributed by atoms with van der Waals surface area (Å²) in [5.41, 5.74) is 2.86. The quantitative estimate of drug-likeness (QED) is 0.893. The number of nitrogens with zero attached hydrogens (tertiary/aromatic N) is 1. The number of hydrogen-bond acceptors (Lipinski definition) is 3. The van der Waals surface area contributed by atoms with Crippen LogP contribution >= 0.6 is 11.8 Å². The summed E-state index contributed by atoms with van der Waals surface area (Å²) in [4.78, 5) is 27.7. The number of nitrogens with one attached hydrogen (secondary N) is 1. The van der Waals surface area contributed by atoms with Crippen molar-refractivity contribution in [2.75, 3.05) is 16.8 Å². The first-order valence-electron chi connectivity index (χ1n) is 8.45. The summed E-state index contributed by atoms with van der Waals surface area (Å²) in [7, 11) is 0. The second kappa shape index (κ2) is 7.74. The molecule has 2 aromatic carbocycles. The van der Waals surface area contributed by atoms with Gasteiger partial charge in [-0.25, -0.2) is 0 Å². The number of anilines is 2. The molecule has 0 spiro atoms. The number of benzene rings is 2. The van der Waals surface area contributed by atoms with E-state index < -0.39 is 0 Å². The molecule has 25 heavy (non-hydrogen) atoms. The average molecular weight is 354 g/mol. The summed E-state index contributed by atoms with van der Waals surface area (Å²) < 4.78 is 0. The van der Waals surface area contributed by atoms with Crippen LogP contribution in [0.3, 0.4) is 0 Å². The van der Waals surface area contributed by atoms with Gasteiger partial charge in [0, 0.05) is 35.2 Å². The largest absolute Gasteiger partial charge is 0.326 e. The fourth-order valence-electron chi connectivity index (χ4n) is 2.84. The van der Waals surface area contributed by atoms with E-state index in [1.807, 2.05) is 60.4 Å². The molecule has 5 heteroatoms. The van der Waals surface area contributed by atoms with Crippen LogP contribution in [-0.4, -0.2) is 23.6 Å². The van der Waals surface area contributed by atoms with E-state index in [-0.39, 0.29) is 24.7 Å². The number of carbonyl (C=O) groups is 2. The zero-order valence-electron chi connectivity index (χ0n) is 14.5. The van der Waals surface area contributed by atoms with Gasteiger partial charge in [-0.05, 0) is 31.2 Å². The maximum atomic E-state index is 12.6. The van der Waals surface area contributed by atoms with Gasteiger partial charge in [0.25, 0.3) is 0 Å². The van der Waals surface area contributed by atoms with Crippen molar-refractivity contribution in [3.05, 3.63) is 54.1 Å². The van der Waals surface area contributed by atoms with Crippen molar-refractivity contribution < 1.29 is 9.59 Å². The average Bonchev–Trinajstić information content (AvgIpc) is 2.61. The Morgan fingerprint density at radius 1 is 1.12 bits per heavy atom. The SMILES string of the molecule is Cc1ccc(NC(=O)CCC(=O)N2C[C@@H](C)Sc3ccccc32)cc1. The first-order chi connectivity index (χ1) is 12.0. The van der Waals surface area contributed by atoms with Crippen LogP contribution in [0, 0.1) is 6.92 Å². The first kappa shape index (κ1) is 17.5. The molecule has 130 valence electrons. The van der Waals surface area contributed by atoms with E-state index >= 15 is 0 Å². The maximum Gasteiger partial charge on any atom is 0.227 e. The lowest BCUT2D eigenvalue weighted by Crippen LogP contribution is -2.38. The number of hydrogen-bond donors (Lipinski definition) is 1. The predicted molar refractivity (Wildman–Crippen MR) is 103 cm³/mol. The minimum Gasteiger partial charge on any atom is -0.326 e. The minimum absolute atomic E-state index is 0.00124. The molecule has 0 unspecified atom stereocenters. The van der Waals surface area contributed by atoms with Gasteiger partial charge in [-0.3, -0.25) is 9.59 Å². The topological polar surface area (TPSA) is 49.4 Å². The first-order valence-corrected chi connectivity index (χ1v) is 9.33. The molecule has 0 fully saturated rings. The highest BCUT2D eigenvalue weighted by atomic mass is 32.2. The summed E-state index contributed by atoms with van der Waals surface area (Å²) >= 11 is 1.79. The van der Waals surface area contributed by atoms with Crippen LogP contribution in [0.4, 0.5) is 11.4 Å². The summed E-state index contributed by atoms with van der Waals surface area (Å²) in [5, 5.41) is 3.19. The van der Waals surface area contributed by atoms with Gasteiger partial charge in [-0.2, -0.15) is 0 Å². The summed E-state index contributed by atoms with van der Waals surface area (Å²) in [6.45, 7) is 4.80. The third kappa shape index (κ3) is 4.42. The molecule has 2 amide bonds. The molecule has 0 aromatic heterocycles. The van der Waals surface area contributed by atoms with Crippen LogP contribution in [-0.2, 0) is 9.59 Å². The van der Waals surface area contributed by atoms with Crippen LogP contribution in [0.5, 0.6) is 0 Å². The van der Waals surface area contributed by atoms with Gasteiger partial charge in [0.1, 0.15) is 0 Å². The van der Waals surface area contributed by atoms with Crippen molar-refractivity contribution in [3.8, 4) is 0 Å². The van der Waals surface area contributed by atoms with E-state index in [1.54, 1.807) is 11.8 Å². The molecule has 2 aromatic rings. The van der Waals surface area contributed by atoms with E-state index in [0.29, 0.717) is 11.8 Å². The van der Waals surface area contributed by atoms with Crippen molar-refractivity contribution in [1.82, 2.24) is 0 Å². The Labute approximate surface area is 152 Å². The van der Waals surface area contributed by atoms with Gasteiger partial charge in [0.05, 0.1) is 5.69 Å². The highest BCUT2D eigenvalue weighted by molar-refractivity contribution is 8.00. The molecule has 3 rings (SSSR count). The van der Waals surface area contributed by atoms with Gasteiger partial charge in [-0.15, -0.1) is 11.8 Å². The van der Waals surface area contributed by atoms with Crippen LogP contribution < -0.4 is 10.2 Å². The van der Waals surface area contributed by atoms with E-state index in [9.17, 15) is 9.59 Å². The van der Waals surface area contributed by atoms with Gasteiger partial charge in [0.2, 0.25) is 11.8 Å². The van der Waals surface area contributed by atoms with Gasteiger partial charge >= 0.3 is 0 Å².